The third-order valence-corrected chi connectivity index (χ3v) is 3.99. The predicted molar refractivity (Wildman–Crippen MR) is 102 cm³/mol. The van der Waals surface area contributed by atoms with E-state index in [1.54, 1.807) is 18.2 Å². The molecule has 0 bridgehead atoms. The van der Waals surface area contributed by atoms with Gasteiger partial charge in [0.1, 0.15) is 5.75 Å². The largest absolute Gasteiger partial charge is 0.493 e. The van der Waals surface area contributed by atoms with Crippen molar-refractivity contribution in [2.24, 2.45) is 5.73 Å². The molecule has 0 aliphatic rings. The molecule has 2 rings (SSSR count). The van der Waals surface area contributed by atoms with Crippen molar-refractivity contribution in [2.45, 2.75) is 32.6 Å². The van der Waals surface area contributed by atoms with Gasteiger partial charge in [-0.05, 0) is 35.2 Å². The van der Waals surface area contributed by atoms with E-state index in [4.69, 9.17) is 19.9 Å². The Kier molecular flexibility index (Phi) is 6.50. The summed E-state index contributed by atoms with van der Waals surface area (Å²) in [6, 6.07) is 13.2. The Hall–Kier alpha value is -2.69. The van der Waals surface area contributed by atoms with E-state index >= 15 is 0 Å². The molecule has 2 aromatic rings. The van der Waals surface area contributed by atoms with E-state index in [-0.39, 0.29) is 5.41 Å². The number of carbonyl (C=O) groups is 1. The SMILES string of the molecule is COc1cccc(C(N)=O)c1OCCCOc1ccc(C(C)(C)C)cc1. The predicted octanol–water partition coefficient (Wildman–Crippen LogP) is 3.94. The first-order valence-electron chi connectivity index (χ1n) is 8.66. The Morgan fingerprint density at radius 1 is 1.00 bits per heavy atom. The van der Waals surface area contributed by atoms with E-state index in [1.165, 1.54) is 12.7 Å². The minimum atomic E-state index is -0.547. The van der Waals surface area contributed by atoms with Crippen molar-refractivity contribution in [3.63, 3.8) is 0 Å². The molecule has 2 aromatic carbocycles. The summed E-state index contributed by atoms with van der Waals surface area (Å²) in [7, 11) is 1.53. The molecule has 0 spiro atoms. The number of ether oxygens (including phenoxy) is 3. The van der Waals surface area contributed by atoms with Gasteiger partial charge in [0.25, 0.3) is 5.91 Å². The number of para-hydroxylation sites is 1. The number of hydrogen-bond acceptors (Lipinski definition) is 4. The Morgan fingerprint density at radius 2 is 1.65 bits per heavy atom. The fraction of sp³-hybridized carbons (Fsp3) is 0.381. The van der Waals surface area contributed by atoms with Crippen LogP contribution in [-0.4, -0.2) is 26.2 Å². The number of carbonyl (C=O) groups excluding carboxylic acids is 1. The first-order valence-corrected chi connectivity index (χ1v) is 8.66. The van der Waals surface area contributed by atoms with Crippen molar-refractivity contribution in [2.75, 3.05) is 20.3 Å². The molecule has 0 radical (unpaired) electrons. The summed E-state index contributed by atoms with van der Waals surface area (Å²) in [5.41, 5.74) is 7.09. The van der Waals surface area contributed by atoms with Crippen LogP contribution in [0, 0.1) is 0 Å². The van der Waals surface area contributed by atoms with E-state index < -0.39 is 5.91 Å². The monoisotopic (exact) mass is 357 g/mol. The molecule has 0 aromatic heterocycles. The first kappa shape index (κ1) is 19.6. The molecule has 0 fully saturated rings. The molecule has 0 saturated heterocycles. The number of methoxy groups -OCH3 is 1. The topological polar surface area (TPSA) is 70.8 Å². The molecule has 0 aliphatic carbocycles. The highest BCUT2D eigenvalue weighted by Crippen LogP contribution is 2.31. The van der Waals surface area contributed by atoms with Crippen molar-refractivity contribution < 1.29 is 19.0 Å². The highest BCUT2D eigenvalue weighted by molar-refractivity contribution is 5.96. The van der Waals surface area contributed by atoms with Gasteiger partial charge in [0.2, 0.25) is 0 Å². The molecule has 0 saturated carbocycles. The summed E-state index contributed by atoms with van der Waals surface area (Å²) in [5.74, 6) is 1.14. The van der Waals surface area contributed by atoms with Crippen molar-refractivity contribution in [1.82, 2.24) is 0 Å². The highest BCUT2D eigenvalue weighted by atomic mass is 16.5. The summed E-state index contributed by atoms with van der Waals surface area (Å²) in [6.07, 6.45) is 0.664. The molecule has 140 valence electrons. The summed E-state index contributed by atoms with van der Waals surface area (Å²) < 4.78 is 16.7. The molecule has 0 atom stereocenters. The maximum atomic E-state index is 11.5. The van der Waals surface area contributed by atoms with Gasteiger partial charge in [-0.3, -0.25) is 4.79 Å². The summed E-state index contributed by atoms with van der Waals surface area (Å²) >= 11 is 0. The Bertz CT molecular complexity index is 733. The van der Waals surface area contributed by atoms with Crippen LogP contribution in [0.25, 0.3) is 0 Å². The maximum absolute atomic E-state index is 11.5. The zero-order valence-electron chi connectivity index (χ0n) is 15.9. The fourth-order valence-corrected chi connectivity index (χ4v) is 2.49. The van der Waals surface area contributed by atoms with Crippen LogP contribution in [-0.2, 0) is 5.41 Å². The Morgan fingerprint density at radius 3 is 2.23 bits per heavy atom. The van der Waals surface area contributed by atoms with Crippen molar-refractivity contribution >= 4 is 5.91 Å². The van der Waals surface area contributed by atoms with Crippen molar-refractivity contribution in [1.29, 1.82) is 0 Å². The van der Waals surface area contributed by atoms with Gasteiger partial charge in [-0.1, -0.05) is 39.0 Å². The average molecular weight is 357 g/mol. The van der Waals surface area contributed by atoms with E-state index in [9.17, 15) is 4.79 Å². The van der Waals surface area contributed by atoms with Crippen LogP contribution >= 0.6 is 0 Å². The number of benzene rings is 2. The zero-order chi connectivity index (χ0) is 19.2. The van der Waals surface area contributed by atoms with Crippen LogP contribution in [0.2, 0.25) is 0 Å². The van der Waals surface area contributed by atoms with E-state index in [0.717, 1.165) is 5.75 Å². The number of amides is 1. The fourth-order valence-electron chi connectivity index (χ4n) is 2.49. The third kappa shape index (κ3) is 5.15. The molecule has 1 amide bonds. The molecule has 5 nitrogen and oxygen atoms in total. The van der Waals surface area contributed by atoms with Gasteiger partial charge in [0.05, 0.1) is 25.9 Å². The van der Waals surface area contributed by atoms with Crippen LogP contribution in [0.3, 0.4) is 0 Å². The molecular weight excluding hydrogens is 330 g/mol. The molecule has 0 aliphatic heterocycles. The van der Waals surface area contributed by atoms with Crippen LogP contribution in [0.4, 0.5) is 0 Å². The number of rotatable bonds is 8. The van der Waals surface area contributed by atoms with Crippen LogP contribution in [0.5, 0.6) is 17.2 Å². The van der Waals surface area contributed by atoms with Gasteiger partial charge in [0, 0.05) is 6.42 Å². The summed E-state index contributed by atoms with van der Waals surface area (Å²) in [4.78, 5) is 11.5. The second kappa shape index (κ2) is 8.61. The summed E-state index contributed by atoms with van der Waals surface area (Å²) in [6.45, 7) is 7.44. The molecule has 5 heteroatoms. The Balaban J connectivity index is 1.85. The lowest BCUT2D eigenvalue weighted by Gasteiger charge is -2.19. The van der Waals surface area contributed by atoms with Gasteiger partial charge in [-0.25, -0.2) is 0 Å². The molecule has 0 heterocycles. The van der Waals surface area contributed by atoms with E-state index in [2.05, 4.69) is 32.9 Å². The highest BCUT2D eigenvalue weighted by Gasteiger charge is 2.15. The number of hydrogen-bond donors (Lipinski definition) is 1. The lowest BCUT2D eigenvalue weighted by molar-refractivity contribution is 0.0995. The van der Waals surface area contributed by atoms with Gasteiger partial charge in [-0.2, -0.15) is 0 Å². The van der Waals surface area contributed by atoms with E-state index in [1.807, 2.05) is 12.1 Å². The smallest absolute Gasteiger partial charge is 0.252 e. The second-order valence-corrected chi connectivity index (χ2v) is 7.03. The van der Waals surface area contributed by atoms with Gasteiger partial charge in [-0.15, -0.1) is 0 Å². The standard InChI is InChI=1S/C21H27NO4/c1-21(2,3)15-9-11-16(12-10-15)25-13-6-14-26-19-17(20(22)23)7-5-8-18(19)24-4/h5,7-12H,6,13-14H2,1-4H3,(H2,22,23). The minimum absolute atomic E-state index is 0.124. The third-order valence-electron chi connectivity index (χ3n) is 3.99. The second-order valence-electron chi connectivity index (χ2n) is 7.03. The maximum Gasteiger partial charge on any atom is 0.252 e. The number of nitrogens with two attached hydrogens (primary N) is 1. The van der Waals surface area contributed by atoms with Gasteiger partial charge in [0.15, 0.2) is 11.5 Å². The van der Waals surface area contributed by atoms with Crippen molar-refractivity contribution in [3.05, 3.63) is 53.6 Å². The quantitative estimate of drug-likeness (QED) is 0.727. The molecule has 0 unspecified atom stereocenters. The van der Waals surface area contributed by atoms with E-state index in [0.29, 0.717) is 36.7 Å². The molecule has 26 heavy (non-hydrogen) atoms. The lowest BCUT2D eigenvalue weighted by atomic mass is 9.87. The van der Waals surface area contributed by atoms with Gasteiger partial charge < -0.3 is 19.9 Å². The number of primary amides is 1. The minimum Gasteiger partial charge on any atom is -0.493 e. The van der Waals surface area contributed by atoms with Crippen LogP contribution < -0.4 is 19.9 Å². The van der Waals surface area contributed by atoms with Crippen LogP contribution in [0.15, 0.2) is 42.5 Å². The first-order chi connectivity index (χ1) is 12.3. The lowest BCUT2D eigenvalue weighted by Crippen LogP contribution is -2.14. The Labute approximate surface area is 155 Å². The normalized spacial score (nSPS) is 11.1. The summed E-state index contributed by atoms with van der Waals surface area (Å²) in [5, 5.41) is 0. The average Bonchev–Trinajstić information content (AvgIpc) is 2.60. The zero-order valence-corrected chi connectivity index (χ0v) is 15.9. The van der Waals surface area contributed by atoms with Gasteiger partial charge >= 0.3 is 0 Å². The molecule has 2 N–H and O–H groups in total. The molecular formula is C21H27NO4. The van der Waals surface area contributed by atoms with Crippen molar-refractivity contribution in [3.8, 4) is 17.2 Å². The van der Waals surface area contributed by atoms with Crippen LogP contribution in [0.1, 0.15) is 43.1 Å².